The molecule has 0 saturated carbocycles. The van der Waals surface area contributed by atoms with E-state index in [2.05, 4.69) is 301 Å². The molecule has 0 bridgehead atoms. The van der Waals surface area contributed by atoms with Gasteiger partial charge in [0, 0.05) is 0 Å². The fraction of sp³-hybridized carbons (Fsp3) is 0.182. The van der Waals surface area contributed by atoms with Crippen molar-refractivity contribution in [2.24, 2.45) is 0 Å². The molecule has 9 rings (SSSR count). The van der Waals surface area contributed by atoms with Crippen LogP contribution in [-0.2, 0) is 0 Å². The van der Waals surface area contributed by atoms with Gasteiger partial charge in [-0.15, -0.1) is 0 Å². The van der Waals surface area contributed by atoms with Gasteiger partial charge in [0.2, 0.25) is 0 Å². The third-order valence-electron chi connectivity index (χ3n) is 11.2. The highest BCUT2D eigenvalue weighted by Gasteiger charge is 2.00. The number of benzene rings is 9. The van der Waals surface area contributed by atoms with Crippen molar-refractivity contribution < 1.29 is 0 Å². The van der Waals surface area contributed by atoms with Crippen molar-refractivity contribution in [2.75, 3.05) is 0 Å². The van der Waals surface area contributed by atoms with Crippen LogP contribution in [0.15, 0.2) is 218 Å². The maximum atomic E-state index is 2.21. The van der Waals surface area contributed by atoms with Gasteiger partial charge in [0.1, 0.15) is 0 Å². The molecule has 0 saturated heterocycles. The zero-order valence-electron chi connectivity index (χ0n) is 41.8. The van der Waals surface area contributed by atoms with Crippen LogP contribution >= 0.6 is 0 Å². The Morgan fingerprint density at radius 1 is 0.167 bits per heavy atom. The summed E-state index contributed by atoms with van der Waals surface area (Å²) in [6, 6.07) is 76.9. The number of hydrogen-bond acceptors (Lipinski definition) is 0. The highest BCUT2D eigenvalue weighted by Crippen LogP contribution is 2.24. The van der Waals surface area contributed by atoms with Crippen molar-refractivity contribution in [1.29, 1.82) is 0 Å². The highest BCUT2D eigenvalue weighted by atomic mass is 14.0. The van der Waals surface area contributed by atoms with Gasteiger partial charge in [0.25, 0.3) is 0 Å². The Bertz CT molecular complexity index is 2650. The second-order valence-corrected chi connectivity index (χ2v) is 17.5. The third kappa shape index (κ3) is 19.0. The van der Waals surface area contributed by atoms with Crippen LogP contribution < -0.4 is 0 Å². The largest absolute Gasteiger partial charge is 0.0620 e. The lowest BCUT2D eigenvalue weighted by Gasteiger charge is -2.05. The maximum Gasteiger partial charge on any atom is -0.0155 e. The van der Waals surface area contributed by atoms with Crippen LogP contribution in [0.2, 0.25) is 0 Å². The van der Waals surface area contributed by atoms with Crippen LogP contribution in [0.4, 0.5) is 0 Å². The Morgan fingerprint density at radius 2 is 0.439 bits per heavy atom. The first-order chi connectivity index (χ1) is 31.7. The molecule has 0 heterocycles. The summed E-state index contributed by atoms with van der Waals surface area (Å²) in [7, 11) is 0. The van der Waals surface area contributed by atoms with Gasteiger partial charge < -0.3 is 0 Å². The monoisotopic (exact) mass is 865 g/mol. The summed E-state index contributed by atoms with van der Waals surface area (Å²) in [6.07, 6.45) is 0. The predicted molar refractivity (Wildman–Crippen MR) is 292 cm³/mol. The molecule has 9 aromatic rings. The second-order valence-electron chi connectivity index (χ2n) is 17.5. The van der Waals surface area contributed by atoms with E-state index in [9.17, 15) is 0 Å². The van der Waals surface area contributed by atoms with Gasteiger partial charge in [-0.25, -0.2) is 0 Å². The smallest absolute Gasteiger partial charge is 0.0155 e. The number of rotatable bonds is 3. The molecule has 0 aliphatic rings. The Kier molecular flexibility index (Phi) is 21.4. The molecular formula is C66H72. The standard InChI is InChI=1S/3C14H14.3C8H10/c1-11-3-7-13(8-4-11)14-9-5-12(2)6-10-14;1-11-6-8-13(9-7-11)14-5-3-4-12(2)10-14;1-11-7-9-13(10-8-11)14-6-4-3-5-12(14)2;1-7-3-5-8(2)6-4-7;1-7-4-3-5-8(2)6-7;1-7-5-3-4-6-8(7)2/h3*3-10H,1-2H3;3*3-6H,1-2H3. The van der Waals surface area contributed by atoms with Crippen LogP contribution in [-0.4, -0.2) is 0 Å². The summed E-state index contributed by atoms with van der Waals surface area (Å²) in [4.78, 5) is 0. The average molecular weight is 865 g/mol. The predicted octanol–water partition coefficient (Wildman–Crippen LogP) is 18.8. The minimum atomic E-state index is 1.29. The molecule has 0 amide bonds. The fourth-order valence-electron chi connectivity index (χ4n) is 6.80. The first-order valence-electron chi connectivity index (χ1n) is 23.2. The average Bonchev–Trinajstić information content (AvgIpc) is 3.31. The van der Waals surface area contributed by atoms with Gasteiger partial charge in [0.15, 0.2) is 0 Å². The van der Waals surface area contributed by atoms with E-state index in [0.29, 0.717) is 0 Å². The molecule has 0 radical (unpaired) electrons. The van der Waals surface area contributed by atoms with Crippen LogP contribution in [0.1, 0.15) is 66.8 Å². The van der Waals surface area contributed by atoms with Gasteiger partial charge in [-0.2, -0.15) is 0 Å². The Balaban J connectivity index is 0.000000177. The van der Waals surface area contributed by atoms with Crippen molar-refractivity contribution in [1.82, 2.24) is 0 Å². The van der Waals surface area contributed by atoms with E-state index in [4.69, 9.17) is 0 Å². The minimum absolute atomic E-state index is 1.29. The molecule has 0 unspecified atom stereocenters. The molecule has 66 heavy (non-hydrogen) atoms. The number of aryl methyl sites for hydroxylation is 12. The van der Waals surface area contributed by atoms with E-state index >= 15 is 0 Å². The van der Waals surface area contributed by atoms with Crippen molar-refractivity contribution in [2.45, 2.75) is 83.1 Å². The zero-order valence-corrected chi connectivity index (χ0v) is 41.8. The molecule has 0 fully saturated rings. The molecule has 0 atom stereocenters. The SMILES string of the molecule is Cc1ccc(-c2ccc(C)cc2)cc1.Cc1ccc(-c2cccc(C)c2)cc1.Cc1ccc(-c2ccccc2C)cc1.Cc1ccc(C)cc1.Cc1cccc(C)c1.Cc1ccccc1C. The zero-order chi connectivity index (χ0) is 47.8. The van der Waals surface area contributed by atoms with Crippen LogP contribution in [0.3, 0.4) is 0 Å². The van der Waals surface area contributed by atoms with E-state index in [1.807, 2.05) is 0 Å². The molecule has 0 aliphatic carbocycles. The molecule has 0 heteroatoms. The van der Waals surface area contributed by atoms with Gasteiger partial charge in [-0.3, -0.25) is 0 Å². The molecule has 0 N–H and O–H groups in total. The van der Waals surface area contributed by atoms with Crippen molar-refractivity contribution >= 4 is 0 Å². The van der Waals surface area contributed by atoms with E-state index < -0.39 is 0 Å². The summed E-state index contributed by atoms with van der Waals surface area (Å²) >= 11 is 0. The van der Waals surface area contributed by atoms with Crippen molar-refractivity contribution in [3.05, 3.63) is 285 Å². The van der Waals surface area contributed by atoms with Crippen LogP contribution in [0.5, 0.6) is 0 Å². The van der Waals surface area contributed by atoms with Crippen molar-refractivity contribution in [3.8, 4) is 33.4 Å². The second kappa shape index (κ2) is 27.3. The summed E-state index contributed by atoms with van der Waals surface area (Å²) in [5.74, 6) is 0. The van der Waals surface area contributed by atoms with Gasteiger partial charge in [-0.1, -0.05) is 268 Å². The normalized spacial score (nSPS) is 9.82. The topological polar surface area (TPSA) is 0 Å². The van der Waals surface area contributed by atoms with E-state index in [1.54, 1.807) is 0 Å². The van der Waals surface area contributed by atoms with Gasteiger partial charge in [0.05, 0.1) is 0 Å². The molecule has 9 aromatic carbocycles. The lowest BCUT2D eigenvalue weighted by Crippen LogP contribution is -1.82. The number of hydrogen-bond donors (Lipinski definition) is 0. The molecule has 0 aliphatic heterocycles. The quantitative estimate of drug-likeness (QED) is 0.166. The summed E-state index contributed by atoms with van der Waals surface area (Å²) in [6.45, 7) is 25.4. The van der Waals surface area contributed by atoms with Crippen molar-refractivity contribution in [3.63, 3.8) is 0 Å². The minimum Gasteiger partial charge on any atom is -0.0620 e. The Hall–Kier alpha value is -7.02. The van der Waals surface area contributed by atoms with Gasteiger partial charge in [-0.05, 0) is 133 Å². The molecule has 336 valence electrons. The molecule has 0 spiro atoms. The lowest BCUT2D eigenvalue weighted by molar-refractivity contribution is 1.34. The van der Waals surface area contributed by atoms with Gasteiger partial charge >= 0.3 is 0 Å². The summed E-state index contributed by atoms with van der Waals surface area (Å²) in [5.41, 5.74) is 23.7. The van der Waals surface area contributed by atoms with E-state index in [1.165, 1.54) is 100 Å². The maximum absolute atomic E-state index is 2.21. The molecule has 0 aromatic heterocycles. The first-order valence-corrected chi connectivity index (χ1v) is 23.2. The summed E-state index contributed by atoms with van der Waals surface area (Å²) < 4.78 is 0. The molecular weight excluding hydrogens is 793 g/mol. The molecule has 0 nitrogen and oxygen atoms in total. The van der Waals surface area contributed by atoms with Crippen LogP contribution in [0.25, 0.3) is 33.4 Å². The van der Waals surface area contributed by atoms with Crippen LogP contribution in [0, 0.1) is 83.1 Å². The van der Waals surface area contributed by atoms with E-state index in [-0.39, 0.29) is 0 Å². The Morgan fingerprint density at radius 3 is 0.742 bits per heavy atom. The highest BCUT2D eigenvalue weighted by molar-refractivity contribution is 5.67. The summed E-state index contributed by atoms with van der Waals surface area (Å²) in [5, 5.41) is 0. The third-order valence-corrected chi connectivity index (χ3v) is 11.2. The fourth-order valence-corrected chi connectivity index (χ4v) is 6.80. The lowest BCUT2D eigenvalue weighted by atomic mass is 10.00. The van der Waals surface area contributed by atoms with E-state index in [0.717, 1.165) is 0 Å². The first kappa shape index (κ1) is 51.6. The Labute approximate surface area is 399 Å².